The lowest BCUT2D eigenvalue weighted by Gasteiger charge is -2.44. The molecule has 2 bridgehead atoms. The van der Waals surface area contributed by atoms with E-state index in [1.54, 1.807) is 40.6 Å². The molecule has 3 unspecified atom stereocenters. The number of anilines is 1. The normalized spacial score (nSPS) is 30.6. The number of hydrogen-bond acceptors (Lipinski definition) is 6. The maximum Gasteiger partial charge on any atom is 0.247 e. The van der Waals surface area contributed by atoms with Crippen LogP contribution in [-0.2, 0) is 14.4 Å². The molecule has 1 aromatic rings. The first kappa shape index (κ1) is 31.6. The molecule has 1 aromatic carbocycles. The van der Waals surface area contributed by atoms with E-state index >= 15 is 0 Å². The van der Waals surface area contributed by atoms with Crippen molar-refractivity contribution in [3.8, 4) is 5.75 Å². The summed E-state index contributed by atoms with van der Waals surface area (Å²) in [6.07, 6.45) is 9.44. The summed E-state index contributed by atoms with van der Waals surface area (Å²) in [4.78, 5) is 49.1. The Labute approximate surface area is 260 Å². The molecule has 9 heteroatoms. The van der Waals surface area contributed by atoms with E-state index in [9.17, 15) is 19.5 Å². The van der Waals surface area contributed by atoms with E-state index in [-0.39, 0.29) is 41.5 Å². The van der Waals surface area contributed by atoms with Gasteiger partial charge in [-0.15, -0.1) is 24.9 Å². The number of hydrogen-bond donors (Lipinski definition) is 1. The Kier molecular flexibility index (Phi) is 9.61. The quantitative estimate of drug-likeness (QED) is 0.347. The second kappa shape index (κ2) is 13.1. The Balaban J connectivity index is 1.54. The van der Waals surface area contributed by atoms with Gasteiger partial charge in [0, 0.05) is 30.1 Å². The van der Waals surface area contributed by atoms with Gasteiger partial charge < -0.3 is 24.5 Å². The molecule has 43 heavy (non-hydrogen) atoms. The number of carbonyl (C=O) groups excluding carboxylic acids is 3. The average Bonchev–Trinajstić information content (AvgIpc) is 3.62. The lowest BCUT2D eigenvalue weighted by atomic mass is 9.65. The molecule has 3 amide bonds. The minimum Gasteiger partial charge on any atom is -0.494 e. The van der Waals surface area contributed by atoms with Crippen molar-refractivity contribution in [2.75, 3.05) is 31.2 Å². The van der Waals surface area contributed by atoms with E-state index < -0.39 is 28.7 Å². The van der Waals surface area contributed by atoms with Crippen LogP contribution in [0.3, 0.4) is 0 Å². The minimum atomic E-state index is -0.741. The molecule has 8 nitrogen and oxygen atoms in total. The molecule has 1 aliphatic carbocycles. The number of likely N-dealkylation sites (tertiary alicyclic amines) is 1. The minimum absolute atomic E-state index is 0.0561. The van der Waals surface area contributed by atoms with Gasteiger partial charge in [0.05, 0.1) is 35.8 Å². The Morgan fingerprint density at radius 3 is 2.42 bits per heavy atom. The fourth-order valence-corrected chi connectivity index (χ4v) is 10.6. The fourth-order valence-electron chi connectivity index (χ4n) is 8.21. The second-order valence-electron chi connectivity index (χ2n) is 12.6. The number of thioether (sulfide) groups is 1. The van der Waals surface area contributed by atoms with Crippen LogP contribution in [0.25, 0.3) is 0 Å². The van der Waals surface area contributed by atoms with Gasteiger partial charge in [-0.3, -0.25) is 14.4 Å². The van der Waals surface area contributed by atoms with Gasteiger partial charge in [-0.05, 0) is 63.3 Å². The molecule has 0 aromatic heterocycles. The Morgan fingerprint density at radius 1 is 1.14 bits per heavy atom. The molecule has 3 aliphatic heterocycles. The molecule has 234 valence electrons. The summed E-state index contributed by atoms with van der Waals surface area (Å²) < 4.78 is 4.86. The second-order valence-corrected chi connectivity index (χ2v) is 14.1. The molecule has 1 N–H and O–H groups in total. The maximum atomic E-state index is 14.8. The van der Waals surface area contributed by atoms with Crippen molar-refractivity contribution in [2.45, 2.75) is 87.4 Å². The van der Waals surface area contributed by atoms with Crippen LogP contribution in [0.5, 0.6) is 5.75 Å². The summed E-state index contributed by atoms with van der Waals surface area (Å²) in [6.45, 7) is 14.7. The van der Waals surface area contributed by atoms with Crippen LogP contribution < -0.4 is 9.64 Å². The molecule has 3 heterocycles. The zero-order valence-corrected chi connectivity index (χ0v) is 26.6. The predicted molar refractivity (Wildman–Crippen MR) is 171 cm³/mol. The van der Waals surface area contributed by atoms with Gasteiger partial charge in [-0.1, -0.05) is 38.3 Å². The smallest absolute Gasteiger partial charge is 0.247 e. The number of nitrogens with zero attached hydrogens (tertiary/aromatic N) is 3. The Morgan fingerprint density at radius 2 is 1.81 bits per heavy atom. The van der Waals surface area contributed by atoms with E-state index in [1.807, 2.05) is 36.1 Å². The maximum absolute atomic E-state index is 14.8. The van der Waals surface area contributed by atoms with Crippen molar-refractivity contribution >= 4 is 35.2 Å². The molecule has 4 fully saturated rings. The summed E-state index contributed by atoms with van der Waals surface area (Å²) in [5.41, 5.74) is 0.719. The third-order valence-electron chi connectivity index (χ3n) is 10.1. The summed E-state index contributed by atoms with van der Waals surface area (Å²) in [6, 6.07) is 6.25. The number of carbonyl (C=O) groups is 3. The number of aliphatic hydroxyl groups excluding tert-OH is 1. The summed E-state index contributed by atoms with van der Waals surface area (Å²) in [5, 5.41) is 10.2. The van der Waals surface area contributed by atoms with Gasteiger partial charge in [0.15, 0.2) is 0 Å². The third-order valence-corrected chi connectivity index (χ3v) is 12.2. The lowest BCUT2D eigenvalue weighted by molar-refractivity contribution is -0.146. The van der Waals surface area contributed by atoms with Crippen molar-refractivity contribution in [3.63, 3.8) is 0 Å². The molecule has 0 radical (unpaired) electrons. The fraction of sp³-hybridized carbons (Fsp3) is 0.618. The SMILES string of the molecule is C=CCN(C(=O)[C@@H]1[C@@H]2CC(C)C3(S2)C(C(=O)N(CC=C)C2CCCCC2)N([C@H](C)CO)C(=O)[C@H]13)c1ccc(OCC)cc1. The van der Waals surface area contributed by atoms with Crippen LogP contribution in [0, 0.1) is 17.8 Å². The van der Waals surface area contributed by atoms with Crippen LogP contribution in [0.2, 0.25) is 0 Å². The highest BCUT2D eigenvalue weighted by Gasteiger charge is 2.77. The number of amides is 3. The molecular formula is C34H47N3O5S. The topological polar surface area (TPSA) is 90.4 Å². The van der Waals surface area contributed by atoms with Gasteiger partial charge in [0.2, 0.25) is 17.7 Å². The molecule has 1 saturated carbocycles. The Bertz CT molecular complexity index is 1220. The van der Waals surface area contributed by atoms with E-state index in [0.29, 0.717) is 19.7 Å². The van der Waals surface area contributed by atoms with E-state index in [1.165, 1.54) is 6.42 Å². The van der Waals surface area contributed by atoms with Crippen molar-refractivity contribution in [2.24, 2.45) is 17.8 Å². The largest absolute Gasteiger partial charge is 0.494 e. The monoisotopic (exact) mass is 609 g/mol. The van der Waals surface area contributed by atoms with Crippen LogP contribution in [-0.4, -0.2) is 87.1 Å². The van der Waals surface area contributed by atoms with Gasteiger partial charge in [0.25, 0.3) is 0 Å². The van der Waals surface area contributed by atoms with E-state index in [4.69, 9.17) is 4.74 Å². The van der Waals surface area contributed by atoms with Gasteiger partial charge in [-0.2, -0.15) is 0 Å². The van der Waals surface area contributed by atoms with Crippen molar-refractivity contribution in [1.29, 1.82) is 0 Å². The van der Waals surface area contributed by atoms with Crippen molar-refractivity contribution in [3.05, 3.63) is 49.6 Å². The first-order valence-electron chi connectivity index (χ1n) is 15.9. The van der Waals surface area contributed by atoms with Gasteiger partial charge in [0.1, 0.15) is 11.8 Å². The highest BCUT2D eigenvalue weighted by molar-refractivity contribution is 8.02. The lowest BCUT2D eigenvalue weighted by Crippen LogP contribution is -2.60. The molecule has 1 spiro atoms. The third kappa shape index (κ3) is 5.30. The summed E-state index contributed by atoms with van der Waals surface area (Å²) in [7, 11) is 0. The molecule has 3 saturated heterocycles. The molecular weight excluding hydrogens is 562 g/mol. The number of benzene rings is 1. The number of ether oxygens (including phenoxy) is 1. The van der Waals surface area contributed by atoms with Crippen LogP contribution >= 0.6 is 11.8 Å². The number of aliphatic hydroxyl groups is 1. The predicted octanol–water partition coefficient (Wildman–Crippen LogP) is 4.67. The average molecular weight is 610 g/mol. The van der Waals surface area contributed by atoms with Crippen molar-refractivity contribution < 1.29 is 24.2 Å². The highest BCUT2D eigenvalue weighted by Crippen LogP contribution is 2.69. The van der Waals surface area contributed by atoms with Crippen LogP contribution in [0.4, 0.5) is 5.69 Å². The van der Waals surface area contributed by atoms with Gasteiger partial charge >= 0.3 is 0 Å². The zero-order valence-electron chi connectivity index (χ0n) is 25.8. The van der Waals surface area contributed by atoms with E-state index in [0.717, 1.165) is 43.5 Å². The van der Waals surface area contributed by atoms with Crippen LogP contribution in [0.15, 0.2) is 49.6 Å². The van der Waals surface area contributed by atoms with Gasteiger partial charge in [-0.25, -0.2) is 0 Å². The highest BCUT2D eigenvalue weighted by atomic mass is 32.2. The van der Waals surface area contributed by atoms with Crippen molar-refractivity contribution in [1.82, 2.24) is 9.80 Å². The summed E-state index contributed by atoms with van der Waals surface area (Å²) in [5.74, 6) is -0.807. The molecule has 5 rings (SSSR count). The molecule has 7 atom stereocenters. The number of fused-ring (bicyclic) bond motifs is 1. The van der Waals surface area contributed by atoms with E-state index in [2.05, 4.69) is 20.1 Å². The first-order chi connectivity index (χ1) is 20.7. The first-order valence-corrected chi connectivity index (χ1v) is 16.8. The zero-order chi connectivity index (χ0) is 30.9. The standard InChI is InChI=1S/C34H47N3O5S/c1-6-18-35(25-14-16-26(17-15-25)42-8-3)31(39)28-27-20-22(4)34(43-27)29(28)32(40)37(23(5)21-38)30(34)33(41)36(19-7-2)24-12-10-9-11-13-24/h6-7,14-17,22-24,27-30,38H,1-2,8-13,18-21H2,3-5H3/t22?,23-,27+,28-,29+,30?,34?/m1/s1. The molecule has 4 aliphatic rings. The summed E-state index contributed by atoms with van der Waals surface area (Å²) >= 11 is 1.68. The number of rotatable bonds is 12. The van der Waals surface area contributed by atoms with Crippen LogP contribution in [0.1, 0.15) is 59.3 Å². The Hall–Kier alpha value is -2.78.